The number of thioether (sulfide) groups is 1. The zero-order chi connectivity index (χ0) is 15.6. The fourth-order valence-corrected chi connectivity index (χ4v) is 3.25. The highest BCUT2D eigenvalue weighted by Crippen LogP contribution is 2.11. The van der Waals surface area contributed by atoms with Gasteiger partial charge in [-0.1, -0.05) is 13.3 Å². The highest BCUT2D eigenvalue weighted by Gasteiger charge is 2.13. The van der Waals surface area contributed by atoms with E-state index in [0.717, 1.165) is 38.0 Å². The number of aromatic nitrogens is 1. The van der Waals surface area contributed by atoms with Gasteiger partial charge in [0, 0.05) is 19.3 Å². The molecule has 1 heterocycles. The minimum atomic E-state index is -3.44. The average Bonchev–Trinajstić information content (AvgIpc) is 2.49. The zero-order valence-corrected chi connectivity index (χ0v) is 14.4. The first kappa shape index (κ1) is 18.3. The van der Waals surface area contributed by atoms with Crippen LogP contribution in [0.5, 0.6) is 0 Å². The van der Waals surface area contributed by atoms with Crippen LogP contribution in [0.25, 0.3) is 0 Å². The normalized spacial score (nSPS) is 11.5. The van der Waals surface area contributed by atoms with Crippen LogP contribution in [0.1, 0.15) is 32.6 Å². The molecule has 2 N–H and O–H groups in total. The van der Waals surface area contributed by atoms with Crippen molar-refractivity contribution >= 4 is 27.6 Å². The van der Waals surface area contributed by atoms with E-state index < -0.39 is 10.0 Å². The minimum Gasteiger partial charge on any atom is -0.370 e. The van der Waals surface area contributed by atoms with E-state index in [1.165, 1.54) is 6.20 Å². The number of hydrogen-bond donors (Lipinski definition) is 2. The lowest BCUT2D eigenvalue weighted by molar-refractivity contribution is 0.576. The second-order valence-corrected chi connectivity index (χ2v) is 7.51. The molecule has 0 spiro atoms. The van der Waals surface area contributed by atoms with Crippen LogP contribution in [-0.2, 0) is 10.0 Å². The predicted molar refractivity (Wildman–Crippen MR) is 90.4 cm³/mol. The van der Waals surface area contributed by atoms with E-state index in [1.54, 1.807) is 12.1 Å². The van der Waals surface area contributed by atoms with Crippen LogP contribution in [-0.4, -0.2) is 38.5 Å². The van der Waals surface area contributed by atoms with Crippen molar-refractivity contribution < 1.29 is 8.42 Å². The molecular weight excluding hydrogens is 306 g/mol. The molecule has 0 amide bonds. The Labute approximate surface area is 132 Å². The molecule has 120 valence electrons. The van der Waals surface area contributed by atoms with Gasteiger partial charge in [-0.05, 0) is 43.4 Å². The summed E-state index contributed by atoms with van der Waals surface area (Å²) >= 11 is 1.82. The molecule has 0 fully saturated rings. The first-order valence-corrected chi connectivity index (χ1v) is 10.2. The molecule has 0 bridgehead atoms. The Bertz CT molecular complexity index is 489. The van der Waals surface area contributed by atoms with E-state index in [1.807, 2.05) is 11.8 Å². The molecule has 7 heteroatoms. The van der Waals surface area contributed by atoms with Crippen LogP contribution >= 0.6 is 11.8 Å². The second kappa shape index (κ2) is 10.0. The predicted octanol–water partition coefficient (Wildman–Crippen LogP) is 2.72. The molecule has 0 aliphatic heterocycles. The lowest BCUT2D eigenvalue weighted by Gasteiger charge is -2.08. The molecule has 0 aromatic carbocycles. The Hall–Kier alpha value is -0.790. The molecule has 0 aliphatic rings. The van der Waals surface area contributed by atoms with Crippen molar-refractivity contribution in [3.63, 3.8) is 0 Å². The Balaban J connectivity index is 2.42. The van der Waals surface area contributed by atoms with E-state index in [9.17, 15) is 8.42 Å². The maximum absolute atomic E-state index is 12.1. The molecular formula is C14H25N3O2S2. The number of pyridine rings is 1. The van der Waals surface area contributed by atoms with Crippen LogP contribution in [0, 0.1) is 0 Å². The molecule has 21 heavy (non-hydrogen) atoms. The number of sulfonamides is 1. The fourth-order valence-electron chi connectivity index (χ4n) is 1.73. The van der Waals surface area contributed by atoms with Gasteiger partial charge in [0.05, 0.1) is 0 Å². The average molecular weight is 332 g/mol. The van der Waals surface area contributed by atoms with E-state index in [4.69, 9.17) is 0 Å². The third kappa shape index (κ3) is 7.15. The largest absolute Gasteiger partial charge is 0.370 e. The van der Waals surface area contributed by atoms with Crippen molar-refractivity contribution in [2.45, 2.75) is 37.5 Å². The van der Waals surface area contributed by atoms with E-state index in [-0.39, 0.29) is 4.90 Å². The van der Waals surface area contributed by atoms with Crippen molar-refractivity contribution in [1.29, 1.82) is 0 Å². The van der Waals surface area contributed by atoms with Gasteiger partial charge in [0.1, 0.15) is 10.7 Å². The van der Waals surface area contributed by atoms with Crippen molar-refractivity contribution in [3.05, 3.63) is 18.3 Å². The van der Waals surface area contributed by atoms with Gasteiger partial charge in [-0.2, -0.15) is 11.8 Å². The zero-order valence-electron chi connectivity index (χ0n) is 12.8. The van der Waals surface area contributed by atoms with Crippen molar-refractivity contribution in [2.75, 3.05) is 30.4 Å². The Morgan fingerprint density at radius 1 is 1.19 bits per heavy atom. The molecule has 0 saturated carbocycles. The summed E-state index contributed by atoms with van der Waals surface area (Å²) in [6.45, 7) is 3.37. The standard InChI is InChI=1S/C14H25N3O2S2/c1-3-9-15-14-8-7-13(12-16-14)21(18,19)17-10-5-4-6-11-20-2/h7-8,12,17H,3-6,9-11H2,1-2H3,(H,15,16). The Kier molecular flexibility index (Phi) is 8.72. The summed E-state index contributed by atoms with van der Waals surface area (Å²) in [4.78, 5) is 4.33. The number of anilines is 1. The summed E-state index contributed by atoms with van der Waals surface area (Å²) < 4.78 is 26.8. The summed E-state index contributed by atoms with van der Waals surface area (Å²) in [7, 11) is -3.44. The van der Waals surface area contributed by atoms with Crippen LogP contribution < -0.4 is 10.0 Å². The fraction of sp³-hybridized carbons (Fsp3) is 0.643. The number of nitrogens with zero attached hydrogens (tertiary/aromatic N) is 1. The van der Waals surface area contributed by atoms with Crippen LogP contribution in [0.3, 0.4) is 0 Å². The van der Waals surface area contributed by atoms with Gasteiger partial charge in [-0.15, -0.1) is 0 Å². The van der Waals surface area contributed by atoms with Crippen molar-refractivity contribution in [3.8, 4) is 0 Å². The molecule has 5 nitrogen and oxygen atoms in total. The minimum absolute atomic E-state index is 0.216. The van der Waals surface area contributed by atoms with Gasteiger partial charge in [0.15, 0.2) is 0 Å². The van der Waals surface area contributed by atoms with E-state index in [0.29, 0.717) is 12.4 Å². The summed E-state index contributed by atoms with van der Waals surface area (Å²) in [6, 6.07) is 3.28. The third-order valence-electron chi connectivity index (χ3n) is 2.92. The lowest BCUT2D eigenvalue weighted by atomic mass is 10.2. The number of rotatable bonds is 11. The van der Waals surface area contributed by atoms with Gasteiger partial charge < -0.3 is 5.32 Å². The van der Waals surface area contributed by atoms with E-state index in [2.05, 4.69) is 28.2 Å². The molecule has 0 atom stereocenters. The third-order valence-corrected chi connectivity index (χ3v) is 5.06. The topological polar surface area (TPSA) is 71.1 Å². The molecule has 0 aliphatic carbocycles. The van der Waals surface area contributed by atoms with Gasteiger partial charge in [-0.3, -0.25) is 0 Å². The SMILES string of the molecule is CCCNc1ccc(S(=O)(=O)NCCCCCSC)cn1. The monoisotopic (exact) mass is 331 g/mol. The molecule has 0 saturated heterocycles. The summed E-state index contributed by atoms with van der Waals surface area (Å²) in [5.74, 6) is 1.83. The summed E-state index contributed by atoms with van der Waals surface area (Å²) in [5, 5.41) is 3.12. The highest BCUT2D eigenvalue weighted by molar-refractivity contribution is 7.98. The van der Waals surface area contributed by atoms with Crippen LogP contribution in [0.15, 0.2) is 23.2 Å². The molecule has 1 aromatic rings. The van der Waals surface area contributed by atoms with Gasteiger partial charge in [0.25, 0.3) is 0 Å². The maximum atomic E-state index is 12.1. The smallest absolute Gasteiger partial charge is 0.242 e. The lowest BCUT2D eigenvalue weighted by Crippen LogP contribution is -2.25. The molecule has 0 radical (unpaired) electrons. The summed E-state index contributed by atoms with van der Waals surface area (Å²) in [6.07, 6.45) is 7.51. The molecule has 1 aromatic heterocycles. The molecule has 0 unspecified atom stereocenters. The highest BCUT2D eigenvalue weighted by atomic mass is 32.2. The Morgan fingerprint density at radius 2 is 2.00 bits per heavy atom. The van der Waals surface area contributed by atoms with Gasteiger partial charge in [0.2, 0.25) is 10.0 Å². The van der Waals surface area contributed by atoms with Gasteiger partial charge >= 0.3 is 0 Å². The Morgan fingerprint density at radius 3 is 2.62 bits per heavy atom. The first-order chi connectivity index (χ1) is 10.1. The van der Waals surface area contributed by atoms with Crippen molar-refractivity contribution in [1.82, 2.24) is 9.71 Å². The van der Waals surface area contributed by atoms with Crippen molar-refractivity contribution in [2.24, 2.45) is 0 Å². The summed E-state index contributed by atoms with van der Waals surface area (Å²) in [5.41, 5.74) is 0. The number of unbranched alkanes of at least 4 members (excludes halogenated alkanes) is 2. The number of nitrogens with one attached hydrogen (secondary N) is 2. The van der Waals surface area contributed by atoms with Gasteiger partial charge in [-0.25, -0.2) is 18.1 Å². The molecule has 1 rings (SSSR count). The maximum Gasteiger partial charge on any atom is 0.242 e. The quantitative estimate of drug-likeness (QED) is 0.610. The van der Waals surface area contributed by atoms with Crippen LogP contribution in [0.4, 0.5) is 5.82 Å². The second-order valence-electron chi connectivity index (χ2n) is 4.76. The van der Waals surface area contributed by atoms with Crippen LogP contribution in [0.2, 0.25) is 0 Å². The van der Waals surface area contributed by atoms with E-state index >= 15 is 0 Å². The number of hydrogen-bond acceptors (Lipinski definition) is 5. The first-order valence-electron chi connectivity index (χ1n) is 7.28.